The summed E-state index contributed by atoms with van der Waals surface area (Å²) in [5, 5.41) is 3.25. The van der Waals surface area contributed by atoms with Crippen LogP contribution in [0, 0.1) is 11.3 Å². The van der Waals surface area contributed by atoms with Gasteiger partial charge in [0.15, 0.2) is 0 Å². The lowest BCUT2D eigenvalue weighted by atomic mass is 9.68. The molecule has 3 rings (SSSR count). The summed E-state index contributed by atoms with van der Waals surface area (Å²) in [5.41, 5.74) is 0.0691. The molecule has 44 heavy (non-hydrogen) atoms. The maximum atomic E-state index is 13.7. The number of piperidine rings is 1. The van der Waals surface area contributed by atoms with E-state index in [9.17, 15) is 18.0 Å². The minimum atomic E-state index is -4.33. The summed E-state index contributed by atoms with van der Waals surface area (Å²) in [6.45, 7) is 21.9. The molecule has 2 atom stereocenters. The van der Waals surface area contributed by atoms with E-state index in [1.54, 1.807) is 6.07 Å². The molecular formula is C35H61BF3N2O2S. The van der Waals surface area contributed by atoms with Crippen LogP contribution in [0.1, 0.15) is 138 Å². The van der Waals surface area contributed by atoms with Crippen LogP contribution in [0.3, 0.4) is 0 Å². The Hall–Kier alpha value is -1.19. The monoisotopic (exact) mass is 641 g/mol. The van der Waals surface area contributed by atoms with Gasteiger partial charge >= 0.3 is 6.18 Å². The predicted octanol–water partition coefficient (Wildman–Crippen LogP) is 9.70. The molecule has 2 aliphatic rings. The van der Waals surface area contributed by atoms with Crippen molar-refractivity contribution < 1.29 is 22.6 Å². The smallest absolute Gasteiger partial charge is 0.416 e. The van der Waals surface area contributed by atoms with Gasteiger partial charge in [-0.15, -0.1) is 0 Å². The van der Waals surface area contributed by atoms with E-state index >= 15 is 0 Å². The van der Waals surface area contributed by atoms with Gasteiger partial charge in [0.2, 0.25) is 5.91 Å². The van der Waals surface area contributed by atoms with Crippen LogP contribution in [-0.2, 0) is 22.0 Å². The van der Waals surface area contributed by atoms with Crippen LogP contribution in [0.15, 0.2) is 18.2 Å². The average Bonchev–Trinajstić information content (AvgIpc) is 3.33. The van der Waals surface area contributed by atoms with E-state index in [-0.39, 0.29) is 41.2 Å². The zero-order chi connectivity index (χ0) is 32.9. The highest BCUT2D eigenvalue weighted by atomic mass is 32.1. The summed E-state index contributed by atoms with van der Waals surface area (Å²) in [5.74, 6) is 0.315. The summed E-state index contributed by atoms with van der Waals surface area (Å²) < 4.78 is 46.0. The summed E-state index contributed by atoms with van der Waals surface area (Å²) in [6.07, 6.45) is 2.49. The zero-order valence-electron chi connectivity index (χ0n) is 28.4. The minimum absolute atomic E-state index is 0. The fraction of sp³-hybridized carbons (Fsp3) is 0.800. The third-order valence-corrected chi connectivity index (χ3v) is 10.1. The lowest BCUT2D eigenvalue weighted by Crippen LogP contribution is -2.52. The molecule has 1 aromatic carbocycles. The van der Waals surface area contributed by atoms with Gasteiger partial charge in [0.1, 0.15) is 0 Å². The standard InChI is InChI=1S/C32H51BF3N2O2S.C2H6.CH4/c1-28(2,3)37-27(39)31(8,17-9-10-18-33-40-29(4,5)30(6,7)41)23-15-19-38(20-16-23)26-14-12-22-11-13-24(21-25(22)26)32(34,35)36;1-2;/h11,13,21,23,26,41H,9-10,12,14-20H2,1-8H3,(H,37,39);1-2H3;1H4. The number of alkyl halides is 3. The van der Waals surface area contributed by atoms with Gasteiger partial charge < -0.3 is 9.97 Å². The Bertz CT molecular complexity index is 1040. The number of carbonyl (C=O) groups is 1. The number of amides is 1. The highest BCUT2D eigenvalue weighted by molar-refractivity contribution is 7.81. The largest absolute Gasteiger partial charge is 0.434 e. The molecule has 1 aromatic rings. The lowest BCUT2D eigenvalue weighted by molar-refractivity contribution is -0.138. The topological polar surface area (TPSA) is 41.6 Å². The molecular weight excluding hydrogens is 580 g/mol. The molecule has 1 amide bonds. The van der Waals surface area contributed by atoms with Crippen molar-refractivity contribution >= 4 is 26.0 Å². The quantitative estimate of drug-likeness (QED) is 0.144. The van der Waals surface area contributed by atoms with Gasteiger partial charge in [-0.05, 0) is 123 Å². The third kappa shape index (κ3) is 10.7. The predicted molar refractivity (Wildman–Crippen MR) is 184 cm³/mol. The molecule has 2 unspecified atom stereocenters. The Morgan fingerprint density at radius 1 is 1.00 bits per heavy atom. The van der Waals surface area contributed by atoms with Crippen LogP contribution in [0.4, 0.5) is 13.2 Å². The van der Waals surface area contributed by atoms with Crippen LogP contribution in [0.5, 0.6) is 0 Å². The first-order valence-corrected chi connectivity index (χ1v) is 16.7. The Morgan fingerprint density at radius 3 is 2.11 bits per heavy atom. The molecule has 253 valence electrons. The van der Waals surface area contributed by atoms with Crippen molar-refractivity contribution in [3.63, 3.8) is 0 Å². The van der Waals surface area contributed by atoms with Crippen LogP contribution in [0.2, 0.25) is 6.32 Å². The number of hydrogen-bond donors (Lipinski definition) is 2. The second-order valence-electron chi connectivity index (χ2n) is 14.5. The van der Waals surface area contributed by atoms with E-state index in [0.29, 0.717) is 0 Å². The minimum Gasteiger partial charge on any atom is -0.434 e. The molecule has 1 aliphatic carbocycles. The van der Waals surface area contributed by atoms with Crippen molar-refractivity contribution in [3.8, 4) is 0 Å². The van der Waals surface area contributed by atoms with Crippen molar-refractivity contribution in [1.29, 1.82) is 0 Å². The van der Waals surface area contributed by atoms with Gasteiger partial charge in [0.25, 0.3) is 7.48 Å². The molecule has 1 heterocycles. The van der Waals surface area contributed by atoms with E-state index in [0.717, 1.165) is 75.5 Å². The summed E-state index contributed by atoms with van der Waals surface area (Å²) in [6, 6.07) is 4.24. The number of halogens is 3. The number of nitrogens with one attached hydrogen (secondary N) is 1. The molecule has 1 radical (unpaired) electrons. The van der Waals surface area contributed by atoms with Gasteiger partial charge in [0, 0.05) is 21.7 Å². The van der Waals surface area contributed by atoms with Crippen LogP contribution >= 0.6 is 12.6 Å². The number of fused-ring (bicyclic) bond motifs is 1. The number of nitrogens with zero attached hydrogens (tertiary/aromatic N) is 1. The number of hydrogen-bond acceptors (Lipinski definition) is 4. The van der Waals surface area contributed by atoms with Crippen molar-refractivity contribution in [2.24, 2.45) is 11.3 Å². The Balaban J connectivity index is 0.00000316. The van der Waals surface area contributed by atoms with Gasteiger partial charge in [-0.1, -0.05) is 53.4 Å². The maximum absolute atomic E-state index is 13.7. The first kappa shape index (κ1) is 40.8. The van der Waals surface area contributed by atoms with Gasteiger partial charge in [-0.3, -0.25) is 9.69 Å². The molecule has 1 fully saturated rings. The summed E-state index contributed by atoms with van der Waals surface area (Å²) in [7, 11) is 1.88. The summed E-state index contributed by atoms with van der Waals surface area (Å²) >= 11 is 4.66. The number of rotatable bonds is 11. The van der Waals surface area contributed by atoms with Crippen molar-refractivity contribution in [1.82, 2.24) is 10.2 Å². The molecule has 0 aromatic heterocycles. The zero-order valence-corrected chi connectivity index (χ0v) is 29.3. The molecule has 0 spiro atoms. The van der Waals surface area contributed by atoms with E-state index in [1.165, 1.54) is 12.1 Å². The van der Waals surface area contributed by atoms with E-state index in [2.05, 4.69) is 29.8 Å². The van der Waals surface area contributed by atoms with E-state index in [1.807, 2.05) is 69.8 Å². The molecule has 0 bridgehead atoms. The highest BCUT2D eigenvalue weighted by Crippen LogP contribution is 2.45. The first-order valence-electron chi connectivity index (χ1n) is 16.2. The highest BCUT2D eigenvalue weighted by Gasteiger charge is 2.44. The maximum Gasteiger partial charge on any atom is 0.416 e. The Morgan fingerprint density at radius 2 is 1.59 bits per heavy atom. The molecule has 0 saturated carbocycles. The van der Waals surface area contributed by atoms with Crippen LogP contribution in [-0.4, -0.2) is 47.3 Å². The van der Waals surface area contributed by atoms with Crippen LogP contribution in [0.25, 0.3) is 0 Å². The Kier molecular flexibility index (Phi) is 14.9. The van der Waals surface area contributed by atoms with Gasteiger partial charge in [-0.2, -0.15) is 25.8 Å². The number of aryl methyl sites for hydroxylation is 1. The van der Waals surface area contributed by atoms with E-state index in [4.69, 9.17) is 4.65 Å². The Labute approximate surface area is 273 Å². The molecule has 1 N–H and O–H groups in total. The SMILES string of the molecule is C.CC.CC(C)(C)NC(=O)C(C)(CCCC[B]OC(C)(C)C(C)(C)S)C1CCN(C2CCc3ccc(C(F)(F)F)cc32)CC1. The number of carbonyl (C=O) groups excluding carboxylic acids is 1. The third-order valence-electron chi connectivity index (χ3n) is 9.52. The molecule has 9 heteroatoms. The van der Waals surface area contributed by atoms with Crippen molar-refractivity contribution in [2.45, 2.75) is 156 Å². The number of thiol groups is 1. The molecule has 1 aliphatic heterocycles. The second kappa shape index (κ2) is 16.1. The number of benzene rings is 1. The lowest BCUT2D eigenvalue weighted by Gasteiger charge is -2.44. The number of likely N-dealkylation sites (tertiary alicyclic amines) is 1. The van der Waals surface area contributed by atoms with E-state index < -0.39 is 17.2 Å². The van der Waals surface area contributed by atoms with Gasteiger partial charge in [0.05, 0.1) is 11.2 Å². The molecule has 1 saturated heterocycles. The van der Waals surface area contributed by atoms with Crippen molar-refractivity contribution in [3.05, 3.63) is 34.9 Å². The second-order valence-corrected chi connectivity index (χ2v) is 15.6. The fourth-order valence-corrected chi connectivity index (χ4v) is 6.15. The first-order chi connectivity index (χ1) is 19.7. The number of unbranched alkanes of at least 4 members (excludes halogenated alkanes) is 1. The van der Waals surface area contributed by atoms with Gasteiger partial charge in [-0.25, -0.2) is 0 Å². The van der Waals surface area contributed by atoms with Crippen molar-refractivity contribution in [2.75, 3.05) is 13.1 Å². The average molecular weight is 642 g/mol. The summed E-state index contributed by atoms with van der Waals surface area (Å²) in [4.78, 5) is 16.1. The fourth-order valence-electron chi connectivity index (χ4n) is 6.10. The normalized spacial score (nSPS) is 19.6. The van der Waals surface area contributed by atoms with Crippen LogP contribution < -0.4 is 5.32 Å². The molecule has 4 nitrogen and oxygen atoms in total.